The molecule has 0 unspecified atom stereocenters. The van der Waals surface area contributed by atoms with Crippen LogP contribution in [0.3, 0.4) is 0 Å². The molecule has 132 valence electrons. The van der Waals surface area contributed by atoms with Crippen LogP contribution in [-0.2, 0) is 11.3 Å². The van der Waals surface area contributed by atoms with E-state index in [9.17, 15) is 4.79 Å². The van der Waals surface area contributed by atoms with E-state index in [0.29, 0.717) is 18.4 Å². The molecule has 0 spiro atoms. The number of benzene rings is 1. The molecule has 2 saturated carbocycles. The van der Waals surface area contributed by atoms with Gasteiger partial charge < -0.3 is 10.1 Å². The van der Waals surface area contributed by atoms with Gasteiger partial charge in [0.05, 0.1) is 12.2 Å². The molecule has 5 heteroatoms. The second-order valence-electron chi connectivity index (χ2n) is 7.17. The maximum absolute atomic E-state index is 12.0. The molecule has 4 rings (SSSR count). The van der Waals surface area contributed by atoms with Crippen LogP contribution in [0.4, 0.5) is 0 Å². The molecular formula is C20H25N3O2. The fourth-order valence-electron chi connectivity index (χ4n) is 3.13. The van der Waals surface area contributed by atoms with Gasteiger partial charge in [-0.2, -0.15) is 5.10 Å². The summed E-state index contributed by atoms with van der Waals surface area (Å²) in [6.07, 6.45) is 5.08. The van der Waals surface area contributed by atoms with Crippen molar-refractivity contribution in [1.29, 1.82) is 0 Å². The second kappa shape index (κ2) is 6.90. The quantitative estimate of drug-likeness (QED) is 0.804. The van der Waals surface area contributed by atoms with Crippen LogP contribution in [-0.4, -0.2) is 28.8 Å². The van der Waals surface area contributed by atoms with Gasteiger partial charge in [0, 0.05) is 24.1 Å². The Morgan fingerprint density at radius 1 is 1.24 bits per heavy atom. The van der Waals surface area contributed by atoms with E-state index in [1.54, 1.807) is 0 Å². The number of nitrogens with zero attached hydrogens (tertiary/aromatic N) is 2. The Morgan fingerprint density at radius 3 is 2.72 bits per heavy atom. The van der Waals surface area contributed by atoms with E-state index < -0.39 is 0 Å². The maximum atomic E-state index is 12.0. The smallest absolute Gasteiger partial charge is 0.258 e. The Balaban J connectivity index is 1.26. The van der Waals surface area contributed by atoms with Crippen molar-refractivity contribution >= 4 is 5.91 Å². The number of para-hydroxylation sites is 1. The summed E-state index contributed by atoms with van der Waals surface area (Å²) >= 11 is 0. The highest BCUT2D eigenvalue weighted by Crippen LogP contribution is 2.44. The fraction of sp³-hybridized carbons (Fsp3) is 0.500. The standard InChI is InChI=1S/C20H25N3O2/c1-14-4-2-3-5-19(14)25-13-20(24)21-10-11-23-18(16-8-9-16)12-17(22-23)15-6-7-15/h2-5,12,15-16H,6-11,13H2,1H3,(H,21,24). The van der Waals surface area contributed by atoms with Crippen molar-refractivity contribution in [3.63, 3.8) is 0 Å². The van der Waals surface area contributed by atoms with E-state index in [1.807, 2.05) is 31.2 Å². The molecule has 1 aromatic carbocycles. The first kappa shape index (κ1) is 16.2. The van der Waals surface area contributed by atoms with Crippen LogP contribution >= 0.6 is 0 Å². The lowest BCUT2D eigenvalue weighted by atomic mass is 10.2. The largest absolute Gasteiger partial charge is 0.484 e. The molecule has 1 N–H and O–H groups in total. The number of carbonyl (C=O) groups is 1. The Hall–Kier alpha value is -2.30. The molecule has 0 radical (unpaired) electrons. The van der Waals surface area contributed by atoms with E-state index in [-0.39, 0.29) is 12.5 Å². The van der Waals surface area contributed by atoms with E-state index in [4.69, 9.17) is 9.84 Å². The first-order valence-corrected chi connectivity index (χ1v) is 9.23. The summed E-state index contributed by atoms with van der Waals surface area (Å²) in [6, 6.07) is 10.0. The zero-order valence-electron chi connectivity index (χ0n) is 14.7. The van der Waals surface area contributed by atoms with Crippen LogP contribution in [0.15, 0.2) is 30.3 Å². The average Bonchev–Trinajstić information content (AvgIpc) is 3.53. The van der Waals surface area contributed by atoms with E-state index in [1.165, 1.54) is 37.1 Å². The van der Waals surface area contributed by atoms with Gasteiger partial charge in [-0.3, -0.25) is 9.48 Å². The van der Waals surface area contributed by atoms with Crippen LogP contribution < -0.4 is 10.1 Å². The Morgan fingerprint density at radius 2 is 2.00 bits per heavy atom. The third-order valence-corrected chi connectivity index (χ3v) is 4.92. The lowest BCUT2D eigenvalue weighted by molar-refractivity contribution is -0.123. The minimum absolute atomic E-state index is 0.0484. The highest BCUT2D eigenvalue weighted by Gasteiger charge is 2.32. The summed E-state index contributed by atoms with van der Waals surface area (Å²) in [6.45, 7) is 3.34. The second-order valence-corrected chi connectivity index (χ2v) is 7.17. The van der Waals surface area contributed by atoms with Crippen molar-refractivity contribution in [1.82, 2.24) is 15.1 Å². The van der Waals surface area contributed by atoms with Crippen LogP contribution in [0.1, 0.15) is 54.5 Å². The molecule has 5 nitrogen and oxygen atoms in total. The van der Waals surface area contributed by atoms with Crippen LogP contribution in [0.5, 0.6) is 5.75 Å². The number of aromatic nitrogens is 2. The SMILES string of the molecule is Cc1ccccc1OCC(=O)NCCn1nc(C2CC2)cc1C1CC1. The first-order chi connectivity index (χ1) is 12.2. The van der Waals surface area contributed by atoms with Crippen molar-refractivity contribution in [3.8, 4) is 5.75 Å². The Kier molecular flexibility index (Phi) is 4.47. The number of ether oxygens (including phenoxy) is 1. The van der Waals surface area contributed by atoms with Gasteiger partial charge in [-0.1, -0.05) is 18.2 Å². The van der Waals surface area contributed by atoms with Crippen LogP contribution in [0.25, 0.3) is 0 Å². The summed E-state index contributed by atoms with van der Waals surface area (Å²) < 4.78 is 7.69. The minimum Gasteiger partial charge on any atom is -0.484 e. The van der Waals surface area contributed by atoms with Gasteiger partial charge in [0.15, 0.2) is 6.61 Å². The number of hydrogen-bond acceptors (Lipinski definition) is 3. The molecule has 0 atom stereocenters. The number of carbonyl (C=O) groups excluding carboxylic acids is 1. The van der Waals surface area contributed by atoms with Gasteiger partial charge in [0.2, 0.25) is 0 Å². The molecule has 2 aromatic rings. The number of aryl methyl sites for hydroxylation is 1. The van der Waals surface area contributed by atoms with Crippen LogP contribution in [0, 0.1) is 6.92 Å². The van der Waals surface area contributed by atoms with E-state index >= 15 is 0 Å². The van der Waals surface area contributed by atoms with Crippen molar-refractivity contribution in [3.05, 3.63) is 47.3 Å². The zero-order chi connectivity index (χ0) is 17.2. The summed E-state index contributed by atoms with van der Waals surface area (Å²) in [5, 5.41) is 7.71. The van der Waals surface area contributed by atoms with E-state index in [2.05, 4.69) is 16.1 Å². The normalized spacial score (nSPS) is 16.7. The predicted octanol–water partition coefficient (Wildman–Crippen LogP) is 3.14. The number of nitrogens with one attached hydrogen (secondary N) is 1. The fourth-order valence-corrected chi connectivity index (χ4v) is 3.13. The van der Waals surface area contributed by atoms with Crippen molar-refractivity contribution < 1.29 is 9.53 Å². The molecule has 2 aliphatic rings. The third kappa shape index (κ3) is 4.03. The van der Waals surface area contributed by atoms with Crippen molar-refractivity contribution in [2.24, 2.45) is 0 Å². The third-order valence-electron chi connectivity index (χ3n) is 4.92. The summed E-state index contributed by atoms with van der Waals surface area (Å²) in [5.41, 5.74) is 3.64. The molecule has 2 aliphatic carbocycles. The molecule has 2 fully saturated rings. The number of hydrogen-bond donors (Lipinski definition) is 1. The van der Waals surface area contributed by atoms with Gasteiger partial charge in [0.1, 0.15) is 5.75 Å². The van der Waals surface area contributed by atoms with E-state index in [0.717, 1.165) is 17.9 Å². The molecular weight excluding hydrogens is 314 g/mol. The molecule has 25 heavy (non-hydrogen) atoms. The zero-order valence-corrected chi connectivity index (χ0v) is 14.7. The Labute approximate surface area is 148 Å². The molecule has 0 bridgehead atoms. The lowest BCUT2D eigenvalue weighted by Crippen LogP contribution is -2.32. The number of amides is 1. The first-order valence-electron chi connectivity index (χ1n) is 9.23. The molecule has 1 heterocycles. The highest BCUT2D eigenvalue weighted by atomic mass is 16.5. The minimum atomic E-state index is -0.0919. The topological polar surface area (TPSA) is 56.1 Å². The molecule has 1 aromatic heterocycles. The highest BCUT2D eigenvalue weighted by molar-refractivity contribution is 5.77. The summed E-state index contributed by atoms with van der Waals surface area (Å²) in [5.74, 6) is 2.02. The van der Waals surface area contributed by atoms with Crippen molar-refractivity contribution in [2.45, 2.75) is 51.0 Å². The number of rotatable bonds is 8. The molecule has 0 saturated heterocycles. The van der Waals surface area contributed by atoms with Crippen molar-refractivity contribution in [2.75, 3.05) is 13.2 Å². The van der Waals surface area contributed by atoms with Gasteiger partial charge >= 0.3 is 0 Å². The Bertz CT molecular complexity index is 760. The molecule has 1 amide bonds. The summed E-state index contributed by atoms with van der Waals surface area (Å²) in [7, 11) is 0. The predicted molar refractivity (Wildman–Crippen MR) is 95.9 cm³/mol. The molecule has 0 aliphatic heterocycles. The van der Waals surface area contributed by atoms with Gasteiger partial charge in [0.25, 0.3) is 5.91 Å². The van der Waals surface area contributed by atoms with Gasteiger partial charge in [-0.25, -0.2) is 0 Å². The summed E-state index contributed by atoms with van der Waals surface area (Å²) in [4.78, 5) is 12.0. The van der Waals surface area contributed by atoms with Gasteiger partial charge in [-0.15, -0.1) is 0 Å². The average molecular weight is 339 g/mol. The maximum Gasteiger partial charge on any atom is 0.258 e. The van der Waals surface area contributed by atoms with Gasteiger partial charge in [-0.05, 0) is 50.3 Å². The van der Waals surface area contributed by atoms with Crippen LogP contribution in [0.2, 0.25) is 0 Å². The lowest BCUT2D eigenvalue weighted by Gasteiger charge is -2.10. The monoisotopic (exact) mass is 339 g/mol.